The quantitative estimate of drug-likeness (QED) is 0.539. The van der Waals surface area contributed by atoms with E-state index in [9.17, 15) is 0 Å². The molecule has 4 heteroatoms. The van der Waals surface area contributed by atoms with Crippen LogP contribution in [0.1, 0.15) is 22.6 Å². The number of likely N-dealkylation sites (N-methyl/N-ethyl adjacent to an activating group) is 1. The smallest absolute Gasteiger partial charge is 0.134 e. The second-order valence-corrected chi connectivity index (χ2v) is 7.01. The van der Waals surface area contributed by atoms with Gasteiger partial charge in [0.05, 0.1) is 6.26 Å². The molecule has 0 spiro atoms. The van der Waals surface area contributed by atoms with Crippen molar-refractivity contribution in [2.45, 2.75) is 12.5 Å². The monoisotopic (exact) mass is 341 g/mol. The van der Waals surface area contributed by atoms with Gasteiger partial charge in [-0.25, -0.2) is 9.97 Å². The molecule has 1 unspecified atom stereocenters. The number of fused-ring (bicyclic) bond motifs is 2. The number of furan rings is 1. The summed E-state index contributed by atoms with van der Waals surface area (Å²) in [4.78, 5) is 10.7. The average Bonchev–Trinajstić information content (AvgIpc) is 3.15. The summed E-state index contributed by atoms with van der Waals surface area (Å²) in [6.07, 6.45) is 7.05. The van der Waals surface area contributed by atoms with Gasteiger partial charge in [-0.3, -0.25) is 0 Å². The summed E-state index contributed by atoms with van der Waals surface area (Å²) in [5, 5.41) is 1.15. The van der Waals surface area contributed by atoms with Gasteiger partial charge in [0.1, 0.15) is 11.9 Å². The largest absolute Gasteiger partial charge is 0.464 e. The van der Waals surface area contributed by atoms with Crippen LogP contribution in [0.25, 0.3) is 22.1 Å². The van der Waals surface area contributed by atoms with Crippen LogP contribution in [0.2, 0.25) is 0 Å². The minimum Gasteiger partial charge on any atom is -0.464 e. The first-order valence-electron chi connectivity index (χ1n) is 8.82. The molecule has 128 valence electrons. The van der Waals surface area contributed by atoms with Crippen molar-refractivity contribution < 1.29 is 4.42 Å². The molecule has 0 aliphatic carbocycles. The second-order valence-electron chi connectivity index (χ2n) is 7.01. The molecule has 0 fully saturated rings. The molecular weight excluding hydrogens is 322 g/mol. The Labute approximate surface area is 152 Å². The Hall–Kier alpha value is -2.98. The standard InChI is InChI=1S/C22H19N3O/c1-25-12-18-8-16(19-10-23-14-24-11-19)4-5-20(18)21(13-25)17-3-2-15-6-7-26-22(15)9-17/h2-11,14,21H,12-13H2,1H3. The van der Waals surface area contributed by atoms with Crippen LogP contribution < -0.4 is 0 Å². The Morgan fingerprint density at radius 1 is 1.00 bits per heavy atom. The molecule has 4 nitrogen and oxygen atoms in total. The zero-order valence-corrected chi connectivity index (χ0v) is 14.6. The Kier molecular flexibility index (Phi) is 3.57. The highest BCUT2D eigenvalue weighted by Crippen LogP contribution is 2.36. The molecule has 1 aliphatic rings. The maximum Gasteiger partial charge on any atom is 0.134 e. The van der Waals surface area contributed by atoms with Gasteiger partial charge in [0.25, 0.3) is 0 Å². The van der Waals surface area contributed by atoms with Crippen molar-refractivity contribution in [3.05, 3.63) is 84.1 Å². The molecule has 26 heavy (non-hydrogen) atoms. The van der Waals surface area contributed by atoms with Crippen molar-refractivity contribution in [2.24, 2.45) is 0 Å². The molecule has 0 amide bonds. The molecular formula is C22H19N3O. The minimum absolute atomic E-state index is 0.347. The van der Waals surface area contributed by atoms with E-state index >= 15 is 0 Å². The fourth-order valence-corrected chi connectivity index (χ4v) is 3.95. The van der Waals surface area contributed by atoms with Gasteiger partial charge in [-0.15, -0.1) is 0 Å². The van der Waals surface area contributed by atoms with Gasteiger partial charge < -0.3 is 9.32 Å². The van der Waals surface area contributed by atoms with Crippen LogP contribution in [-0.2, 0) is 6.54 Å². The highest BCUT2D eigenvalue weighted by molar-refractivity contribution is 5.78. The fraction of sp³-hybridized carbons (Fsp3) is 0.182. The lowest BCUT2D eigenvalue weighted by Gasteiger charge is -2.33. The molecule has 2 aromatic carbocycles. The first-order chi connectivity index (χ1) is 12.8. The van der Waals surface area contributed by atoms with E-state index in [-0.39, 0.29) is 0 Å². The molecule has 3 heterocycles. The van der Waals surface area contributed by atoms with Crippen LogP contribution in [0, 0.1) is 0 Å². The summed E-state index contributed by atoms with van der Waals surface area (Å²) >= 11 is 0. The third-order valence-electron chi connectivity index (χ3n) is 5.23. The third kappa shape index (κ3) is 2.59. The highest BCUT2D eigenvalue weighted by Gasteiger charge is 2.25. The normalized spacial score (nSPS) is 17.3. The lowest BCUT2D eigenvalue weighted by molar-refractivity contribution is 0.295. The maximum absolute atomic E-state index is 5.61. The molecule has 5 rings (SSSR count). The zero-order chi connectivity index (χ0) is 17.5. The summed E-state index contributed by atoms with van der Waals surface area (Å²) in [7, 11) is 2.18. The number of rotatable bonds is 2. The van der Waals surface area contributed by atoms with Crippen molar-refractivity contribution in [2.75, 3.05) is 13.6 Å². The van der Waals surface area contributed by atoms with Crippen molar-refractivity contribution in [1.29, 1.82) is 0 Å². The molecule has 2 aromatic heterocycles. The van der Waals surface area contributed by atoms with Gasteiger partial charge in [-0.2, -0.15) is 0 Å². The van der Waals surface area contributed by atoms with E-state index in [2.05, 4.69) is 58.3 Å². The van der Waals surface area contributed by atoms with Gasteiger partial charge in [0, 0.05) is 42.4 Å². The lowest BCUT2D eigenvalue weighted by Crippen LogP contribution is -2.31. The van der Waals surface area contributed by atoms with E-state index in [0.29, 0.717) is 5.92 Å². The van der Waals surface area contributed by atoms with E-state index in [1.54, 1.807) is 12.6 Å². The molecule has 1 atom stereocenters. The van der Waals surface area contributed by atoms with E-state index in [1.165, 1.54) is 22.3 Å². The number of hydrogen-bond acceptors (Lipinski definition) is 4. The summed E-state index contributed by atoms with van der Waals surface area (Å²) in [5.74, 6) is 0.347. The fourth-order valence-electron chi connectivity index (χ4n) is 3.95. The number of aromatic nitrogens is 2. The number of benzene rings is 2. The van der Waals surface area contributed by atoms with Gasteiger partial charge >= 0.3 is 0 Å². The average molecular weight is 341 g/mol. The van der Waals surface area contributed by atoms with Gasteiger partial charge in [-0.1, -0.05) is 24.3 Å². The van der Waals surface area contributed by atoms with E-state index < -0.39 is 0 Å². The highest BCUT2D eigenvalue weighted by atomic mass is 16.3. The molecule has 0 saturated carbocycles. The molecule has 0 bridgehead atoms. The lowest BCUT2D eigenvalue weighted by atomic mass is 9.83. The van der Waals surface area contributed by atoms with E-state index in [4.69, 9.17) is 4.42 Å². The topological polar surface area (TPSA) is 42.2 Å². The predicted octanol–water partition coefficient (Wildman–Crippen LogP) is 4.47. The molecule has 0 N–H and O–H groups in total. The van der Waals surface area contributed by atoms with Crippen molar-refractivity contribution >= 4 is 11.0 Å². The summed E-state index contributed by atoms with van der Waals surface area (Å²) in [6.45, 7) is 1.96. The van der Waals surface area contributed by atoms with Crippen LogP contribution in [0.4, 0.5) is 0 Å². The van der Waals surface area contributed by atoms with Gasteiger partial charge in [-0.05, 0) is 47.5 Å². The van der Waals surface area contributed by atoms with Crippen LogP contribution in [0.5, 0.6) is 0 Å². The van der Waals surface area contributed by atoms with Crippen LogP contribution in [0.3, 0.4) is 0 Å². The van der Waals surface area contributed by atoms with Gasteiger partial charge in [0.15, 0.2) is 0 Å². The van der Waals surface area contributed by atoms with Crippen molar-refractivity contribution in [3.63, 3.8) is 0 Å². The minimum atomic E-state index is 0.347. The Bertz CT molecular complexity index is 1070. The first kappa shape index (κ1) is 15.3. The molecule has 4 aromatic rings. The Balaban J connectivity index is 1.59. The summed E-state index contributed by atoms with van der Waals surface area (Å²) in [6, 6.07) is 15.3. The SMILES string of the molecule is CN1Cc2cc(-c3cncnc3)ccc2C(c2ccc3ccoc3c2)C1. The van der Waals surface area contributed by atoms with E-state index in [1.807, 2.05) is 18.5 Å². The van der Waals surface area contributed by atoms with Crippen LogP contribution in [0.15, 0.2) is 71.9 Å². The third-order valence-corrected chi connectivity index (χ3v) is 5.23. The van der Waals surface area contributed by atoms with Crippen molar-refractivity contribution in [3.8, 4) is 11.1 Å². The molecule has 0 saturated heterocycles. The molecule has 0 radical (unpaired) electrons. The Morgan fingerprint density at radius 2 is 1.88 bits per heavy atom. The number of nitrogens with zero attached hydrogens (tertiary/aromatic N) is 3. The van der Waals surface area contributed by atoms with Crippen molar-refractivity contribution in [1.82, 2.24) is 14.9 Å². The second kappa shape index (κ2) is 6.07. The number of hydrogen-bond donors (Lipinski definition) is 0. The Morgan fingerprint density at radius 3 is 2.77 bits per heavy atom. The first-order valence-corrected chi connectivity index (χ1v) is 8.82. The molecule has 1 aliphatic heterocycles. The van der Waals surface area contributed by atoms with Crippen LogP contribution in [-0.4, -0.2) is 28.5 Å². The van der Waals surface area contributed by atoms with Gasteiger partial charge in [0.2, 0.25) is 0 Å². The predicted molar refractivity (Wildman–Crippen MR) is 102 cm³/mol. The summed E-state index contributed by atoms with van der Waals surface area (Å²) < 4.78 is 5.61. The summed E-state index contributed by atoms with van der Waals surface area (Å²) in [5.41, 5.74) is 7.24. The van der Waals surface area contributed by atoms with E-state index in [0.717, 1.165) is 29.6 Å². The van der Waals surface area contributed by atoms with Crippen LogP contribution >= 0.6 is 0 Å². The maximum atomic E-state index is 5.61. The zero-order valence-electron chi connectivity index (χ0n) is 14.6.